The van der Waals surface area contributed by atoms with Gasteiger partial charge >= 0.3 is 0 Å². The van der Waals surface area contributed by atoms with E-state index < -0.39 is 6.04 Å². The normalized spacial score (nSPS) is 12.1. The van der Waals surface area contributed by atoms with E-state index in [-0.39, 0.29) is 11.5 Å². The summed E-state index contributed by atoms with van der Waals surface area (Å²) in [7, 11) is 0. The maximum Gasteiger partial charge on any atom is 0.263 e. The number of nitrogens with zero attached hydrogens (tertiary/aromatic N) is 2. The molecule has 1 amide bonds. The van der Waals surface area contributed by atoms with Gasteiger partial charge in [-0.2, -0.15) is 0 Å². The zero-order valence-corrected chi connectivity index (χ0v) is 16.7. The molecule has 0 aliphatic heterocycles. The lowest BCUT2D eigenvalue weighted by Gasteiger charge is -2.17. The molecule has 2 heterocycles. The molecule has 1 aromatic carbocycles. The average Bonchev–Trinajstić information content (AvgIpc) is 3.06. The summed E-state index contributed by atoms with van der Waals surface area (Å²) in [4.78, 5) is 32.0. The number of carbonyl (C=O) groups excluding carboxylic acids is 1. The molecule has 0 aliphatic rings. The Morgan fingerprint density at radius 1 is 1.30 bits per heavy atom. The Balaban J connectivity index is 1.87. The van der Waals surface area contributed by atoms with Crippen molar-refractivity contribution in [2.75, 3.05) is 11.9 Å². The summed E-state index contributed by atoms with van der Waals surface area (Å²) < 4.78 is 6.86. The van der Waals surface area contributed by atoms with Crippen LogP contribution in [0.4, 0.5) is 5.69 Å². The molecule has 1 atom stereocenters. The van der Waals surface area contributed by atoms with E-state index in [2.05, 4.69) is 10.3 Å². The second-order valence-corrected chi connectivity index (χ2v) is 7.36. The van der Waals surface area contributed by atoms with Gasteiger partial charge in [0, 0.05) is 10.6 Å². The number of benzene rings is 1. The lowest BCUT2D eigenvalue weighted by molar-refractivity contribution is -0.118. The van der Waals surface area contributed by atoms with E-state index in [4.69, 9.17) is 4.74 Å². The maximum absolute atomic E-state index is 12.9. The van der Waals surface area contributed by atoms with Gasteiger partial charge in [-0.15, -0.1) is 11.3 Å². The largest absolute Gasteiger partial charge is 0.494 e. The summed E-state index contributed by atoms with van der Waals surface area (Å²) in [5, 5.41) is 3.42. The number of anilines is 1. The zero-order valence-electron chi connectivity index (χ0n) is 15.9. The summed E-state index contributed by atoms with van der Waals surface area (Å²) in [6.07, 6.45) is 0.854. The molecule has 6 nitrogen and oxygen atoms in total. The van der Waals surface area contributed by atoms with Gasteiger partial charge in [0.1, 0.15) is 22.4 Å². The molecule has 0 spiro atoms. The van der Waals surface area contributed by atoms with E-state index in [1.165, 1.54) is 15.9 Å². The Bertz CT molecular complexity index is 1020. The predicted octanol–water partition coefficient (Wildman–Crippen LogP) is 3.93. The van der Waals surface area contributed by atoms with Crippen molar-refractivity contribution < 1.29 is 9.53 Å². The first-order valence-electron chi connectivity index (χ1n) is 8.99. The van der Waals surface area contributed by atoms with Crippen LogP contribution in [0.5, 0.6) is 5.75 Å². The number of hydrogen-bond donors (Lipinski definition) is 1. The van der Waals surface area contributed by atoms with Crippen LogP contribution >= 0.6 is 11.3 Å². The second kappa shape index (κ2) is 7.92. The van der Waals surface area contributed by atoms with Crippen molar-refractivity contribution in [1.29, 1.82) is 0 Å². The van der Waals surface area contributed by atoms with Crippen molar-refractivity contribution in [3.63, 3.8) is 0 Å². The van der Waals surface area contributed by atoms with Crippen LogP contribution in [0, 0.1) is 6.92 Å². The number of rotatable bonds is 6. The molecule has 0 saturated heterocycles. The Morgan fingerprint density at radius 3 is 2.63 bits per heavy atom. The highest BCUT2D eigenvalue weighted by molar-refractivity contribution is 7.18. The van der Waals surface area contributed by atoms with Crippen LogP contribution in [-0.4, -0.2) is 22.1 Å². The van der Waals surface area contributed by atoms with E-state index in [1.54, 1.807) is 38.1 Å². The fourth-order valence-electron chi connectivity index (χ4n) is 2.94. The quantitative estimate of drug-likeness (QED) is 0.698. The predicted molar refractivity (Wildman–Crippen MR) is 109 cm³/mol. The Morgan fingerprint density at radius 2 is 2.00 bits per heavy atom. The van der Waals surface area contributed by atoms with E-state index in [0.717, 1.165) is 21.9 Å². The van der Waals surface area contributed by atoms with Crippen LogP contribution in [0.2, 0.25) is 0 Å². The van der Waals surface area contributed by atoms with Gasteiger partial charge in [-0.05, 0) is 57.5 Å². The van der Waals surface area contributed by atoms with Crippen molar-refractivity contribution in [2.24, 2.45) is 0 Å². The summed E-state index contributed by atoms with van der Waals surface area (Å²) in [6, 6.07) is 8.35. The minimum Gasteiger partial charge on any atom is -0.494 e. The molecular weight excluding hydrogens is 362 g/mol. The minimum absolute atomic E-state index is 0.178. The van der Waals surface area contributed by atoms with Crippen molar-refractivity contribution in [3.8, 4) is 5.75 Å². The molecule has 0 fully saturated rings. The summed E-state index contributed by atoms with van der Waals surface area (Å²) >= 11 is 1.53. The summed E-state index contributed by atoms with van der Waals surface area (Å²) in [5.74, 6) is 1.01. The van der Waals surface area contributed by atoms with Crippen molar-refractivity contribution >= 4 is 33.1 Å². The molecular formula is C20H23N3O3S. The van der Waals surface area contributed by atoms with Gasteiger partial charge in [-0.3, -0.25) is 14.2 Å². The molecule has 0 aliphatic carbocycles. The van der Waals surface area contributed by atoms with Gasteiger partial charge < -0.3 is 10.1 Å². The first-order chi connectivity index (χ1) is 12.9. The van der Waals surface area contributed by atoms with Gasteiger partial charge in [0.15, 0.2) is 0 Å². The summed E-state index contributed by atoms with van der Waals surface area (Å²) in [6.45, 7) is 8.01. The number of ether oxygens (including phenoxy) is 1. The van der Waals surface area contributed by atoms with Crippen LogP contribution in [-0.2, 0) is 11.2 Å². The third kappa shape index (κ3) is 3.88. The van der Waals surface area contributed by atoms with E-state index in [1.807, 2.05) is 19.9 Å². The molecule has 7 heteroatoms. The van der Waals surface area contributed by atoms with E-state index in [0.29, 0.717) is 23.5 Å². The van der Waals surface area contributed by atoms with Crippen LogP contribution in [0.25, 0.3) is 10.2 Å². The number of nitrogens with one attached hydrogen (secondary N) is 1. The average molecular weight is 385 g/mol. The molecule has 27 heavy (non-hydrogen) atoms. The van der Waals surface area contributed by atoms with E-state index >= 15 is 0 Å². The van der Waals surface area contributed by atoms with Gasteiger partial charge in [0.2, 0.25) is 5.91 Å². The zero-order chi connectivity index (χ0) is 19.6. The topological polar surface area (TPSA) is 73.2 Å². The van der Waals surface area contributed by atoms with E-state index in [9.17, 15) is 9.59 Å². The maximum atomic E-state index is 12.9. The lowest BCUT2D eigenvalue weighted by atomic mass is 10.2. The van der Waals surface area contributed by atoms with Crippen LogP contribution in [0.1, 0.15) is 37.5 Å². The fourth-order valence-corrected chi connectivity index (χ4v) is 3.94. The molecule has 3 rings (SSSR count). The SMILES string of the molecule is CCOc1ccc(NC(=O)C(C)n2c(C)nc3sc(CC)cc3c2=O)cc1. The van der Waals surface area contributed by atoms with Crippen LogP contribution in [0.3, 0.4) is 0 Å². The Labute approximate surface area is 161 Å². The van der Waals surface area contributed by atoms with Gasteiger partial charge in [0.25, 0.3) is 5.56 Å². The Kier molecular flexibility index (Phi) is 5.60. The van der Waals surface area contributed by atoms with Gasteiger partial charge in [-0.1, -0.05) is 6.92 Å². The molecule has 0 radical (unpaired) electrons. The highest BCUT2D eigenvalue weighted by Crippen LogP contribution is 2.23. The standard InChI is InChI=1S/C20H23N3O3S/c1-5-16-11-17-19(27-16)21-13(4)23(20(17)25)12(3)18(24)22-14-7-9-15(10-8-14)26-6-2/h7-12H,5-6H2,1-4H3,(H,22,24). The molecule has 0 saturated carbocycles. The number of amides is 1. The first-order valence-corrected chi connectivity index (χ1v) is 9.81. The lowest BCUT2D eigenvalue weighted by Crippen LogP contribution is -2.33. The van der Waals surface area contributed by atoms with Gasteiger partial charge in [-0.25, -0.2) is 4.98 Å². The number of aromatic nitrogens is 2. The van der Waals surface area contributed by atoms with Crippen LogP contribution in [0.15, 0.2) is 35.1 Å². The van der Waals surface area contributed by atoms with Gasteiger partial charge in [0.05, 0.1) is 12.0 Å². The van der Waals surface area contributed by atoms with Crippen molar-refractivity contribution in [1.82, 2.24) is 9.55 Å². The van der Waals surface area contributed by atoms with Crippen molar-refractivity contribution in [3.05, 3.63) is 51.4 Å². The third-order valence-corrected chi connectivity index (χ3v) is 5.55. The highest BCUT2D eigenvalue weighted by Gasteiger charge is 2.21. The summed E-state index contributed by atoms with van der Waals surface area (Å²) in [5.41, 5.74) is 0.474. The highest BCUT2D eigenvalue weighted by atomic mass is 32.1. The number of hydrogen-bond acceptors (Lipinski definition) is 5. The number of fused-ring (bicyclic) bond motifs is 1. The molecule has 142 valence electrons. The second-order valence-electron chi connectivity index (χ2n) is 6.24. The molecule has 1 N–H and O–H groups in total. The molecule has 1 unspecified atom stereocenters. The smallest absolute Gasteiger partial charge is 0.263 e. The molecule has 3 aromatic rings. The molecule has 0 bridgehead atoms. The number of carbonyl (C=O) groups is 1. The molecule has 2 aromatic heterocycles. The number of aryl methyl sites for hydroxylation is 2. The first kappa shape index (κ1) is 19.1. The fraction of sp³-hybridized carbons (Fsp3) is 0.350. The minimum atomic E-state index is -0.675. The van der Waals surface area contributed by atoms with Crippen molar-refractivity contribution in [2.45, 2.75) is 40.2 Å². The monoisotopic (exact) mass is 385 g/mol. The third-order valence-electron chi connectivity index (χ3n) is 4.37. The van der Waals surface area contributed by atoms with Crippen LogP contribution < -0.4 is 15.6 Å². The number of thiophene rings is 1. The Hall–Kier alpha value is -2.67.